The first-order valence-corrected chi connectivity index (χ1v) is 8.93. The molecule has 1 aliphatic heterocycles. The number of hydrogen-bond acceptors (Lipinski definition) is 2. The van der Waals surface area contributed by atoms with Crippen molar-refractivity contribution < 1.29 is 4.79 Å². The summed E-state index contributed by atoms with van der Waals surface area (Å²) < 4.78 is 0. The van der Waals surface area contributed by atoms with E-state index in [0.29, 0.717) is 11.6 Å². The van der Waals surface area contributed by atoms with Gasteiger partial charge in [0.25, 0.3) is 0 Å². The summed E-state index contributed by atoms with van der Waals surface area (Å²) in [5.74, 6) is 0.0676. The number of hydrogen-bond donors (Lipinski definition) is 1. The van der Waals surface area contributed by atoms with Crippen molar-refractivity contribution in [2.45, 2.75) is 31.8 Å². The first kappa shape index (κ1) is 17.0. The molecule has 1 fully saturated rings. The quantitative estimate of drug-likeness (QED) is 0.883. The number of likely N-dealkylation sites (tertiary alicyclic amines) is 1. The van der Waals surface area contributed by atoms with Crippen LogP contribution in [0.1, 0.15) is 36.4 Å². The Morgan fingerprint density at radius 1 is 1.00 bits per heavy atom. The second-order valence-electron chi connectivity index (χ2n) is 6.25. The minimum absolute atomic E-state index is 0.0676. The molecule has 126 valence electrons. The number of nitrogens with one attached hydrogen (secondary N) is 1. The van der Waals surface area contributed by atoms with Gasteiger partial charge < -0.3 is 5.32 Å². The van der Waals surface area contributed by atoms with Gasteiger partial charge in [0.05, 0.1) is 0 Å². The predicted molar refractivity (Wildman–Crippen MR) is 97.9 cm³/mol. The molecular formula is C20H23ClN2O. The number of rotatable bonds is 5. The molecular weight excluding hydrogens is 320 g/mol. The highest BCUT2D eigenvalue weighted by molar-refractivity contribution is 6.30. The van der Waals surface area contributed by atoms with Crippen molar-refractivity contribution in [2.24, 2.45) is 0 Å². The Kier molecular flexibility index (Phi) is 5.89. The van der Waals surface area contributed by atoms with Crippen molar-refractivity contribution in [3.63, 3.8) is 0 Å². The number of carbonyl (C=O) groups is 1. The highest BCUT2D eigenvalue weighted by Crippen LogP contribution is 2.25. The van der Waals surface area contributed by atoms with Gasteiger partial charge in [-0.15, -0.1) is 0 Å². The van der Waals surface area contributed by atoms with E-state index in [1.54, 1.807) is 0 Å². The third kappa shape index (κ3) is 4.37. The molecule has 4 heteroatoms. The molecule has 0 saturated carbocycles. The number of carbonyl (C=O) groups excluding carboxylic acids is 1. The topological polar surface area (TPSA) is 32.3 Å². The fraction of sp³-hybridized carbons (Fsp3) is 0.350. The Bertz CT molecular complexity index is 651. The van der Waals surface area contributed by atoms with Gasteiger partial charge in [-0.1, -0.05) is 60.5 Å². The van der Waals surface area contributed by atoms with Crippen molar-refractivity contribution in [1.82, 2.24) is 10.2 Å². The summed E-state index contributed by atoms with van der Waals surface area (Å²) in [6.45, 7) is 2.48. The van der Waals surface area contributed by atoms with Crippen LogP contribution in [-0.4, -0.2) is 23.9 Å². The smallest absolute Gasteiger partial charge is 0.242 e. The molecule has 1 N–H and O–H groups in total. The molecule has 0 aliphatic carbocycles. The van der Waals surface area contributed by atoms with E-state index in [1.807, 2.05) is 54.6 Å². The number of benzene rings is 2. The van der Waals surface area contributed by atoms with E-state index in [1.165, 1.54) is 6.42 Å². The first-order valence-electron chi connectivity index (χ1n) is 8.55. The van der Waals surface area contributed by atoms with Crippen LogP contribution in [0.3, 0.4) is 0 Å². The van der Waals surface area contributed by atoms with E-state index >= 15 is 0 Å². The molecule has 3 nitrogen and oxygen atoms in total. The molecule has 0 radical (unpaired) electrons. The Labute approximate surface area is 148 Å². The van der Waals surface area contributed by atoms with Gasteiger partial charge in [0.15, 0.2) is 0 Å². The normalized spacial score (nSPS) is 16.5. The summed E-state index contributed by atoms with van der Waals surface area (Å²) in [6.07, 6.45) is 3.58. The first-order chi connectivity index (χ1) is 11.7. The zero-order chi connectivity index (χ0) is 16.8. The molecule has 3 rings (SSSR count). The van der Waals surface area contributed by atoms with Crippen LogP contribution in [0.15, 0.2) is 54.6 Å². The minimum Gasteiger partial charge on any atom is -0.350 e. The van der Waals surface area contributed by atoms with Crippen molar-refractivity contribution in [3.05, 3.63) is 70.7 Å². The maximum absolute atomic E-state index is 12.9. The lowest BCUT2D eigenvalue weighted by molar-refractivity contribution is -0.127. The van der Waals surface area contributed by atoms with Crippen LogP contribution in [0.2, 0.25) is 5.02 Å². The molecule has 0 bridgehead atoms. The zero-order valence-corrected chi connectivity index (χ0v) is 14.5. The van der Waals surface area contributed by atoms with E-state index in [-0.39, 0.29) is 11.9 Å². The summed E-state index contributed by atoms with van der Waals surface area (Å²) in [5.41, 5.74) is 2.12. The molecule has 24 heavy (non-hydrogen) atoms. The van der Waals surface area contributed by atoms with Crippen LogP contribution < -0.4 is 5.32 Å². The van der Waals surface area contributed by atoms with Crippen LogP contribution >= 0.6 is 11.6 Å². The Morgan fingerprint density at radius 3 is 2.33 bits per heavy atom. The molecule has 1 heterocycles. The van der Waals surface area contributed by atoms with Crippen molar-refractivity contribution in [1.29, 1.82) is 0 Å². The monoisotopic (exact) mass is 342 g/mol. The number of nitrogens with zero attached hydrogens (tertiary/aromatic N) is 1. The zero-order valence-electron chi connectivity index (χ0n) is 13.7. The van der Waals surface area contributed by atoms with Crippen molar-refractivity contribution in [2.75, 3.05) is 13.1 Å². The average Bonchev–Trinajstić information content (AvgIpc) is 2.63. The van der Waals surface area contributed by atoms with Crippen LogP contribution in [-0.2, 0) is 11.3 Å². The van der Waals surface area contributed by atoms with E-state index in [9.17, 15) is 4.79 Å². The van der Waals surface area contributed by atoms with Crippen LogP contribution in [0.5, 0.6) is 0 Å². The third-order valence-electron chi connectivity index (χ3n) is 4.50. The molecule has 2 aromatic carbocycles. The predicted octanol–water partition coefficient (Wildman–Crippen LogP) is 4.18. The average molecular weight is 343 g/mol. The fourth-order valence-corrected chi connectivity index (χ4v) is 3.35. The van der Waals surface area contributed by atoms with Gasteiger partial charge in [0, 0.05) is 11.6 Å². The van der Waals surface area contributed by atoms with Gasteiger partial charge in [-0.25, -0.2) is 0 Å². The van der Waals surface area contributed by atoms with Crippen LogP contribution in [0, 0.1) is 0 Å². The van der Waals surface area contributed by atoms with Crippen LogP contribution in [0.25, 0.3) is 0 Å². The second kappa shape index (κ2) is 8.32. The highest BCUT2D eigenvalue weighted by atomic mass is 35.5. The van der Waals surface area contributed by atoms with Gasteiger partial charge in [-0.3, -0.25) is 9.69 Å². The Morgan fingerprint density at radius 2 is 1.67 bits per heavy atom. The maximum atomic E-state index is 12.9. The molecule has 1 aliphatic rings. The number of halogens is 1. The Balaban J connectivity index is 1.72. The van der Waals surface area contributed by atoms with Gasteiger partial charge in [-0.2, -0.15) is 0 Å². The molecule has 0 spiro atoms. The van der Waals surface area contributed by atoms with Gasteiger partial charge in [-0.05, 0) is 49.2 Å². The largest absolute Gasteiger partial charge is 0.350 e. The van der Waals surface area contributed by atoms with Gasteiger partial charge >= 0.3 is 0 Å². The van der Waals surface area contributed by atoms with E-state index in [2.05, 4.69) is 10.2 Å². The lowest BCUT2D eigenvalue weighted by Crippen LogP contribution is -2.42. The van der Waals surface area contributed by atoms with E-state index < -0.39 is 0 Å². The van der Waals surface area contributed by atoms with Gasteiger partial charge in [0.2, 0.25) is 5.91 Å². The summed E-state index contributed by atoms with van der Waals surface area (Å²) in [4.78, 5) is 15.2. The lowest BCUT2D eigenvalue weighted by Gasteiger charge is -2.34. The standard InChI is InChI=1S/C20H23ClN2O/c21-18-11-9-16(10-12-18)15-22-20(24)19(17-7-3-1-4-8-17)23-13-5-2-6-14-23/h1,3-4,7-12,19H,2,5-6,13-15H2,(H,22,24). The maximum Gasteiger partial charge on any atom is 0.242 e. The number of amides is 1. The van der Waals surface area contributed by atoms with Gasteiger partial charge in [0.1, 0.15) is 6.04 Å². The molecule has 1 atom stereocenters. The highest BCUT2D eigenvalue weighted by Gasteiger charge is 2.28. The lowest BCUT2D eigenvalue weighted by atomic mass is 10.0. The minimum atomic E-state index is -0.209. The van der Waals surface area contributed by atoms with Crippen LogP contribution in [0.4, 0.5) is 0 Å². The molecule has 1 amide bonds. The molecule has 1 saturated heterocycles. The molecule has 2 aromatic rings. The van der Waals surface area contributed by atoms with E-state index in [4.69, 9.17) is 11.6 Å². The summed E-state index contributed by atoms with van der Waals surface area (Å²) >= 11 is 5.91. The molecule has 0 aromatic heterocycles. The number of piperidine rings is 1. The summed E-state index contributed by atoms with van der Waals surface area (Å²) in [7, 11) is 0. The Hall–Kier alpha value is -1.84. The fourth-order valence-electron chi connectivity index (χ4n) is 3.23. The SMILES string of the molecule is O=C(NCc1ccc(Cl)cc1)C(c1ccccc1)N1CCCCC1. The summed E-state index contributed by atoms with van der Waals surface area (Å²) in [6, 6.07) is 17.5. The second-order valence-corrected chi connectivity index (χ2v) is 6.69. The van der Waals surface area contributed by atoms with Crippen molar-refractivity contribution >= 4 is 17.5 Å². The summed E-state index contributed by atoms with van der Waals surface area (Å²) in [5, 5.41) is 3.80. The third-order valence-corrected chi connectivity index (χ3v) is 4.75. The molecule has 1 unspecified atom stereocenters. The van der Waals surface area contributed by atoms with E-state index in [0.717, 1.165) is 37.1 Å². The van der Waals surface area contributed by atoms with Crippen molar-refractivity contribution in [3.8, 4) is 0 Å².